The molecule has 0 aliphatic heterocycles. The summed E-state index contributed by atoms with van der Waals surface area (Å²) in [5.41, 5.74) is 3.72. The van der Waals surface area contributed by atoms with Crippen molar-refractivity contribution >= 4 is 5.91 Å². The number of aryl methyl sites for hydroxylation is 1. The van der Waals surface area contributed by atoms with E-state index in [0.29, 0.717) is 29.7 Å². The molecular weight excluding hydrogens is 314 g/mol. The van der Waals surface area contributed by atoms with Crippen molar-refractivity contribution in [3.05, 3.63) is 71.0 Å². The van der Waals surface area contributed by atoms with Crippen molar-refractivity contribution in [2.75, 3.05) is 0 Å². The summed E-state index contributed by atoms with van der Waals surface area (Å²) < 4.78 is 5.36. The van der Waals surface area contributed by atoms with E-state index in [-0.39, 0.29) is 5.91 Å². The van der Waals surface area contributed by atoms with E-state index in [0.717, 1.165) is 29.5 Å². The Bertz CT molecular complexity index is 898. The number of rotatable bonds is 5. The molecule has 0 radical (unpaired) electrons. The predicted molar refractivity (Wildman–Crippen MR) is 94.2 cm³/mol. The lowest BCUT2D eigenvalue weighted by Gasteiger charge is -2.08. The highest BCUT2D eigenvalue weighted by atomic mass is 16.5. The summed E-state index contributed by atoms with van der Waals surface area (Å²) in [6.45, 7) is 2.02. The SMILES string of the molecule is Cc1ccc(C(=O)NC2CC2)cc1Cc1noc(-c2ccccc2)n1. The Morgan fingerprint density at radius 2 is 2.00 bits per heavy atom. The van der Waals surface area contributed by atoms with Crippen molar-refractivity contribution in [2.24, 2.45) is 0 Å². The second-order valence-electron chi connectivity index (χ2n) is 6.45. The van der Waals surface area contributed by atoms with Gasteiger partial charge < -0.3 is 9.84 Å². The molecule has 126 valence electrons. The van der Waals surface area contributed by atoms with E-state index in [4.69, 9.17) is 4.52 Å². The number of aromatic nitrogens is 2. The third kappa shape index (κ3) is 3.60. The molecular formula is C20H19N3O2. The molecule has 1 fully saturated rings. The van der Waals surface area contributed by atoms with E-state index < -0.39 is 0 Å². The fraction of sp³-hybridized carbons (Fsp3) is 0.250. The third-order valence-corrected chi connectivity index (χ3v) is 4.36. The van der Waals surface area contributed by atoms with Crippen LogP contribution in [0.2, 0.25) is 0 Å². The molecule has 1 heterocycles. The number of carbonyl (C=O) groups excluding carboxylic acids is 1. The minimum Gasteiger partial charge on any atom is -0.349 e. The van der Waals surface area contributed by atoms with Gasteiger partial charge in [0.1, 0.15) is 0 Å². The maximum absolute atomic E-state index is 12.2. The molecule has 1 amide bonds. The summed E-state index contributed by atoms with van der Waals surface area (Å²) in [6.07, 6.45) is 2.69. The molecule has 0 unspecified atom stereocenters. The molecule has 4 rings (SSSR count). The third-order valence-electron chi connectivity index (χ3n) is 4.36. The second-order valence-corrected chi connectivity index (χ2v) is 6.45. The minimum absolute atomic E-state index is 0.0122. The number of amides is 1. The molecule has 0 spiro atoms. The fourth-order valence-electron chi connectivity index (χ4n) is 2.69. The first-order chi connectivity index (χ1) is 12.2. The first kappa shape index (κ1) is 15.6. The van der Waals surface area contributed by atoms with Crippen LogP contribution in [-0.4, -0.2) is 22.1 Å². The highest BCUT2D eigenvalue weighted by molar-refractivity contribution is 5.94. The molecule has 1 aromatic heterocycles. The summed E-state index contributed by atoms with van der Waals surface area (Å²) in [7, 11) is 0. The Morgan fingerprint density at radius 3 is 2.76 bits per heavy atom. The lowest BCUT2D eigenvalue weighted by molar-refractivity contribution is 0.0951. The maximum Gasteiger partial charge on any atom is 0.257 e. The van der Waals surface area contributed by atoms with Crippen LogP contribution < -0.4 is 5.32 Å². The molecule has 5 heteroatoms. The molecule has 25 heavy (non-hydrogen) atoms. The Balaban J connectivity index is 1.54. The van der Waals surface area contributed by atoms with E-state index >= 15 is 0 Å². The highest BCUT2D eigenvalue weighted by Gasteiger charge is 2.24. The summed E-state index contributed by atoms with van der Waals surface area (Å²) in [6, 6.07) is 15.8. The van der Waals surface area contributed by atoms with Crippen LogP contribution in [0.3, 0.4) is 0 Å². The quantitative estimate of drug-likeness (QED) is 0.775. The zero-order valence-corrected chi connectivity index (χ0v) is 14.0. The van der Waals surface area contributed by atoms with Gasteiger partial charge in [-0.1, -0.05) is 29.4 Å². The van der Waals surface area contributed by atoms with E-state index in [1.54, 1.807) is 0 Å². The zero-order valence-electron chi connectivity index (χ0n) is 14.0. The molecule has 2 aromatic carbocycles. The first-order valence-electron chi connectivity index (χ1n) is 8.47. The predicted octanol–water partition coefficient (Wildman–Crippen LogP) is 3.53. The van der Waals surface area contributed by atoms with Crippen LogP contribution in [-0.2, 0) is 6.42 Å². The fourth-order valence-corrected chi connectivity index (χ4v) is 2.69. The van der Waals surface area contributed by atoms with Crippen molar-refractivity contribution in [3.63, 3.8) is 0 Å². The van der Waals surface area contributed by atoms with Gasteiger partial charge in [0.15, 0.2) is 5.82 Å². The lowest BCUT2D eigenvalue weighted by atomic mass is 10.0. The number of carbonyl (C=O) groups is 1. The highest BCUT2D eigenvalue weighted by Crippen LogP contribution is 2.21. The Labute approximate surface area is 146 Å². The van der Waals surface area contributed by atoms with E-state index in [9.17, 15) is 4.79 Å². The number of nitrogens with zero attached hydrogens (tertiary/aromatic N) is 2. The van der Waals surface area contributed by atoms with Gasteiger partial charge in [0.2, 0.25) is 0 Å². The second kappa shape index (κ2) is 6.51. The first-order valence-corrected chi connectivity index (χ1v) is 8.47. The van der Waals surface area contributed by atoms with E-state index in [1.165, 1.54) is 0 Å². The molecule has 0 saturated heterocycles. The topological polar surface area (TPSA) is 68.0 Å². The average molecular weight is 333 g/mol. The van der Waals surface area contributed by atoms with Gasteiger partial charge in [0, 0.05) is 23.6 Å². The summed E-state index contributed by atoms with van der Waals surface area (Å²) >= 11 is 0. The number of nitrogens with one attached hydrogen (secondary N) is 1. The molecule has 1 aliphatic carbocycles. The zero-order chi connectivity index (χ0) is 17.2. The van der Waals surface area contributed by atoms with Crippen molar-refractivity contribution in [3.8, 4) is 11.5 Å². The average Bonchev–Trinajstić information content (AvgIpc) is 3.32. The Kier molecular flexibility index (Phi) is 4.06. The van der Waals surface area contributed by atoms with Gasteiger partial charge >= 0.3 is 0 Å². The number of benzene rings is 2. The summed E-state index contributed by atoms with van der Waals surface area (Å²) in [4.78, 5) is 16.7. The number of hydrogen-bond acceptors (Lipinski definition) is 4. The lowest BCUT2D eigenvalue weighted by Crippen LogP contribution is -2.25. The van der Waals surface area contributed by atoms with Crippen LogP contribution in [0.4, 0.5) is 0 Å². The van der Waals surface area contributed by atoms with Gasteiger partial charge in [-0.3, -0.25) is 4.79 Å². The van der Waals surface area contributed by atoms with Crippen molar-refractivity contribution in [1.29, 1.82) is 0 Å². The van der Waals surface area contributed by atoms with Crippen LogP contribution in [0.5, 0.6) is 0 Å². The van der Waals surface area contributed by atoms with Crippen molar-refractivity contribution < 1.29 is 9.32 Å². The maximum atomic E-state index is 12.2. The van der Waals surface area contributed by atoms with Crippen molar-refractivity contribution in [1.82, 2.24) is 15.5 Å². The van der Waals surface area contributed by atoms with Gasteiger partial charge in [-0.2, -0.15) is 4.98 Å². The van der Waals surface area contributed by atoms with Crippen LogP contribution in [0.15, 0.2) is 53.1 Å². The Hall–Kier alpha value is -2.95. The van der Waals surface area contributed by atoms with E-state index in [2.05, 4.69) is 15.5 Å². The molecule has 0 bridgehead atoms. The molecule has 1 N–H and O–H groups in total. The van der Waals surface area contributed by atoms with Crippen LogP contribution in [0, 0.1) is 6.92 Å². The standard InChI is InChI=1S/C20H19N3O2/c1-13-7-8-15(19(24)21-17-9-10-17)11-16(13)12-18-22-20(25-23-18)14-5-3-2-4-6-14/h2-8,11,17H,9-10,12H2,1H3,(H,21,24). The van der Waals surface area contributed by atoms with Gasteiger partial charge in [-0.25, -0.2) is 0 Å². The summed E-state index contributed by atoms with van der Waals surface area (Å²) in [5.74, 6) is 1.11. The molecule has 5 nitrogen and oxygen atoms in total. The van der Waals surface area contributed by atoms with Gasteiger partial charge in [0.05, 0.1) is 0 Å². The molecule has 3 aromatic rings. The summed E-state index contributed by atoms with van der Waals surface area (Å²) in [5, 5.41) is 7.09. The minimum atomic E-state index is -0.0122. The number of hydrogen-bond donors (Lipinski definition) is 1. The molecule has 1 saturated carbocycles. The van der Waals surface area contributed by atoms with Crippen molar-refractivity contribution in [2.45, 2.75) is 32.2 Å². The smallest absolute Gasteiger partial charge is 0.257 e. The van der Waals surface area contributed by atoms with Gasteiger partial charge in [-0.05, 0) is 55.2 Å². The van der Waals surface area contributed by atoms with Crippen LogP contribution in [0.1, 0.15) is 40.2 Å². The van der Waals surface area contributed by atoms with E-state index in [1.807, 2.05) is 55.5 Å². The molecule has 1 aliphatic rings. The van der Waals surface area contributed by atoms with Crippen LogP contribution >= 0.6 is 0 Å². The monoisotopic (exact) mass is 333 g/mol. The van der Waals surface area contributed by atoms with Gasteiger partial charge in [0.25, 0.3) is 11.8 Å². The largest absolute Gasteiger partial charge is 0.349 e. The normalized spacial score (nSPS) is 13.6. The van der Waals surface area contributed by atoms with Gasteiger partial charge in [-0.15, -0.1) is 0 Å². The van der Waals surface area contributed by atoms with Crippen LogP contribution in [0.25, 0.3) is 11.5 Å². The molecule has 0 atom stereocenters. The Morgan fingerprint density at radius 1 is 1.20 bits per heavy atom.